The summed E-state index contributed by atoms with van der Waals surface area (Å²) in [6.45, 7) is 2.00. The highest BCUT2D eigenvalue weighted by Crippen LogP contribution is 2.71. The first-order chi connectivity index (χ1) is 31.0. The second kappa shape index (κ2) is 20.3. The molecule has 4 aliphatic rings. The van der Waals surface area contributed by atoms with Gasteiger partial charge in [0.15, 0.2) is 35.2 Å². The number of Topliss-reactive ketones (excluding diaryl/α,β-unsaturated/α-hetero) is 1. The van der Waals surface area contributed by atoms with Crippen molar-refractivity contribution in [1.82, 2.24) is 0 Å². The maximum atomic E-state index is 17.9. The number of halogens is 2. The van der Waals surface area contributed by atoms with Gasteiger partial charge < -0.3 is 43.3 Å². The van der Waals surface area contributed by atoms with Crippen molar-refractivity contribution in [3.05, 3.63) is 77.7 Å². The third-order valence-electron chi connectivity index (χ3n) is 13.3. The van der Waals surface area contributed by atoms with E-state index < -0.39 is 142 Å². The zero-order valence-electron chi connectivity index (χ0n) is 36.3. The minimum Gasteiger partial charge on any atom is -0.493 e. The van der Waals surface area contributed by atoms with Crippen molar-refractivity contribution in [2.24, 2.45) is 28.6 Å². The van der Waals surface area contributed by atoms with Gasteiger partial charge in [0.2, 0.25) is 5.78 Å². The van der Waals surface area contributed by atoms with Crippen LogP contribution >= 0.6 is 0 Å². The summed E-state index contributed by atoms with van der Waals surface area (Å²) in [5, 5.41) is 40.3. The van der Waals surface area contributed by atoms with Crippen molar-refractivity contribution < 1.29 is 91.3 Å². The molecule has 3 unspecified atom stereocenters. The van der Waals surface area contributed by atoms with Crippen LogP contribution in [0.3, 0.4) is 0 Å². The van der Waals surface area contributed by atoms with Crippen LogP contribution in [0.4, 0.5) is 13.6 Å². The molecule has 2 fully saturated rings. The molecule has 1 N–H and O–H groups in total. The Kier molecular flexibility index (Phi) is 15.5. The molecule has 0 radical (unpaired) electrons. The van der Waals surface area contributed by atoms with Crippen molar-refractivity contribution >= 4 is 29.7 Å². The number of ether oxygens (including phenoxy) is 5. The normalized spacial score (nSPS) is 28.9. The van der Waals surface area contributed by atoms with E-state index in [1.807, 2.05) is 0 Å². The SMILES string of the molecule is COc1cc(C(=O)OCCCCC(CO[N+](=O)[O-])O[N+](=O)[O-])ccc1OC(=O)OCC(=O)[C@@]1(OC(=O)CCCO[N+](=O)[O-])[C@H](C)CC2C3CC(F)=C4CC(=O)C=C[C@]4(C)[C@@]3(F)[C@@H](O)C[C@@]21C. The van der Waals surface area contributed by atoms with Gasteiger partial charge in [0, 0.05) is 41.9 Å². The molecule has 4 aliphatic carbocycles. The van der Waals surface area contributed by atoms with Gasteiger partial charge in [-0.25, -0.2) is 18.4 Å². The molecule has 0 spiro atoms. The van der Waals surface area contributed by atoms with Crippen LogP contribution in [0.25, 0.3) is 0 Å². The van der Waals surface area contributed by atoms with Crippen LogP contribution in [0.15, 0.2) is 41.8 Å². The number of alkyl halides is 1. The van der Waals surface area contributed by atoms with Crippen molar-refractivity contribution in [1.29, 1.82) is 0 Å². The van der Waals surface area contributed by atoms with Crippen molar-refractivity contribution in [2.75, 3.05) is 33.5 Å². The summed E-state index contributed by atoms with van der Waals surface area (Å²) in [6, 6.07) is 3.51. The van der Waals surface area contributed by atoms with Crippen molar-refractivity contribution in [2.45, 2.75) is 102 Å². The first-order valence-corrected chi connectivity index (χ1v) is 20.8. The van der Waals surface area contributed by atoms with Crippen LogP contribution in [0.2, 0.25) is 0 Å². The van der Waals surface area contributed by atoms with Crippen molar-refractivity contribution in [3.8, 4) is 11.5 Å². The summed E-state index contributed by atoms with van der Waals surface area (Å²) in [4.78, 5) is 111. The number of benzene rings is 1. The highest BCUT2D eigenvalue weighted by molar-refractivity contribution is 5.95. The van der Waals surface area contributed by atoms with Gasteiger partial charge in [-0.3, -0.25) is 14.4 Å². The number of unbranched alkanes of at least 4 members (excludes halogenated alkanes) is 1. The number of fused-ring (bicyclic) bond motifs is 5. The molecule has 66 heavy (non-hydrogen) atoms. The Morgan fingerprint density at radius 1 is 0.955 bits per heavy atom. The number of methoxy groups -OCH3 is 1. The van der Waals surface area contributed by atoms with E-state index in [9.17, 15) is 59.4 Å². The molecule has 0 saturated heterocycles. The molecule has 0 amide bonds. The number of hydrogen-bond donors (Lipinski definition) is 1. The number of hydrogen-bond acceptors (Lipinski definition) is 20. The third kappa shape index (κ3) is 9.99. The Morgan fingerprint density at radius 2 is 1.67 bits per heavy atom. The van der Waals surface area contributed by atoms with Gasteiger partial charge in [0.1, 0.15) is 18.5 Å². The average molecular weight is 942 g/mol. The van der Waals surface area contributed by atoms with Gasteiger partial charge in [0.05, 0.1) is 32.0 Å². The number of esters is 2. The second-order valence-electron chi connectivity index (χ2n) is 16.9. The number of aliphatic hydroxyl groups is 1. The van der Waals surface area contributed by atoms with E-state index in [2.05, 4.69) is 14.5 Å². The summed E-state index contributed by atoms with van der Waals surface area (Å²) in [7, 11) is 1.18. The summed E-state index contributed by atoms with van der Waals surface area (Å²) >= 11 is 0. The van der Waals surface area contributed by atoms with Crippen LogP contribution in [-0.4, -0.2) is 107 Å². The van der Waals surface area contributed by atoms with E-state index in [0.717, 1.165) is 18.2 Å². The number of carbonyl (C=O) groups is 5. The van der Waals surface area contributed by atoms with Gasteiger partial charge in [-0.2, -0.15) is 0 Å². The molecule has 362 valence electrons. The Bertz CT molecular complexity index is 2170. The highest BCUT2D eigenvalue weighted by Gasteiger charge is 2.77. The molecule has 1 aromatic carbocycles. The fraction of sp³-hybridized carbons (Fsp3) is 0.634. The number of nitrogens with zero attached hydrogens (tertiary/aromatic N) is 3. The molecule has 0 aromatic heterocycles. The minimum absolute atomic E-state index is 0.0262. The molecule has 0 aliphatic heterocycles. The maximum absolute atomic E-state index is 17.9. The molecule has 9 atom stereocenters. The second-order valence-corrected chi connectivity index (χ2v) is 16.9. The van der Waals surface area contributed by atoms with Crippen LogP contribution < -0.4 is 9.47 Å². The standard InChI is InChI=1S/C41H49F2N3O20/c1-23-16-27-28-19-30(42)29-18-25(47)12-13-38(29,2)40(28,43)33(48)20-39(27,3)41(23,65-35(50)9-7-15-62-44(53)54)34(49)22-61-37(52)64-31-11-10-24(17-32(31)59-4)36(51)60-14-6-5-8-26(66-46(57)58)21-63-45(55)56/h10-13,17,23,26-28,33,48H,5-9,14-16,18-22H2,1-4H3/t23-,26?,27?,28?,33+,38+,39+,40+,41+/m1/s1. The van der Waals surface area contributed by atoms with Gasteiger partial charge in [-0.15, -0.1) is 30.3 Å². The van der Waals surface area contributed by atoms with E-state index in [1.165, 1.54) is 40.0 Å². The third-order valence-corrected chi connectivity index (χ3v) is 13.3. The lowest BCUT2D eigenvalue weighted by molar-refractivity contribution is -0.790. The number of ketones is 2. The lowest BCUT2D eigenvalue weighted by Gasteiger charge is -2.62. The van der Waals surface area contributed by atoms with Gasteiger partial charge in [-0.05, 0) is 81.2 Å². The number of aliphatic hydroxyl groups excluding tert-OH is 1. The number of rotatable bonds is 22. The molecule has 23 nitrogen and oxygen atoms in total. The van der Waals surface area contributed by atoms with Crippen LogP contribution in [0, 0.1) is 58.9 Å². The Labute approximate surface area is 373 Å². The lowest BCUT2D eigenvalue weighted by atomic mass is 9.45. The van der Waals surface area contributed by atoms with E-state index in [0.29, 0.717) is 0 Å². The zero-order chi connectivity index (χ0) is 48.8. The van der Waals surface area contributed by atoms with Crippen molar-refractivity contribution in [3.63, 3.8) is 0 Å². The first kappa shape index (κ1) is 50.5. The minimum atomic E-state index is -2.53. The largest absolute Gasteiger partial charge is 0.514 e. The predicted octanol–water partition coefficient (Wildman–Crippen LogP) is 5.08. The predicted molar refractivity (Wildman–Crippen MR) is 213 cm³/mol. The summed E-state index contributed by atoms with van der Waals surface area (Å²) in [6.07, 6.45) is -3.98. The van der Waals surface area contributed by atoms with E-state index in [4.69, 9.17) is 23.7 Å². The topological polar surface area (TPSA) is 309 Å². The lowest BCUT2D eigenvalue weighted by Crippen LogP contribution is -2.70. The van der Waals surface area contributed by atoms with E-state index in [1.54, 1.807) is 0 Å². The fourth-order valence-corrected chi connectivity index (χ4v) is 10.3. The number of allylic oxidation sites excluding steroid dienone is 4. The van der Waals surface area contributed by atoms with Crippen LogP contribution in [0.5, 0.6) is 11.5 Å². The van der Waals surface area contributed by atoms with E-state index in [-0.39, 0.29) is 67.8 Å². The molecule has 25 heteroatoms. The number of carbonyl (C=O) groups excluding carboxylic acids is 5. The molecular formula is C41H49F2N3O20. The first-order valence-electron chi connectivity index (χ1n) is 20.8. The Hall–Kier alpha value is -6.53. The average Bonchev–Trinajstić information content (AvgIpc) is 3.46. The molecule has 1 aromatic rings. The van der Waals surface area contributed by atoms with Crippen LogP contribution in [0.1, 0.15) is 88.9 Å². The van der Waals surface area contributed by atoms with Gasteiger partial charge >= 0.3 is 18.1 Å². The molecule has 2 saturated carbocycles. The smallest absolute Gasteiger partial charge is 0.493 e. The summed E-state index contributed by atoms with van der Waals surface area (Å²) in [5.74, 6) is -7.67. The molecule has 5 rings (SSSR count). The molecule has 0 heterocycles. The monoisotopic (exact) mass is 941 g/mol. The zero-order valence-corrected chi connectivity index (χ0v) is 36.3. The summed E-state index contributed by atoms with van der Waals surface area (Å²) in [5.41, 5.74) is -8.28. The Balaban J connectivity index is 1.29. The highest BCUT2D eigenvalue weighted by atomic mass is 19.1. The van der Waals surface area contributed by atoms with Gasteiger partial charge in [-0.1, -0.05) is 19.9 Å². The maximum Gasteiger partial charge on any atom is 0.514 e. The quantitative estimate of drug-likeness (QED) is 0.0396. The van der Waals surface area contributed by atoms with E-state index >= 15 is 8.78 Å². The Morgan fingerprint density at radius 3 is 2.33 bits per heavy atom. The molecule has 0 bridgehead atoms. The fourth-order valence-electron chi connectivity index (χ4n) is 10.3. The van der Waals surface area contributed by atoms with Gasteiger partial charge in [0.25, 0.3) is 15.3 Å². The van der Waals surface area contributed by atoms with Crippen LogP contribution in [-0.2, 0) is 43.1 Å². The molecular weight excluding hydrogens is 892 g/mol. The summed E-state index contributed by atoms with van der Waals surface area (Å²) < 4.78 is 60.9.